The summed E-state index contributed by atoms with van der Waals surface area (Å²) in [4.78, 5) is 15.1. The summed E-state index contributed by atoms with van der Waals surface area (Å²) < 4.78 is 13.2. The topological polar surface area (TPSA) is 20.3 Å². The number of rotatable bonds is 3. The molecule has 2 nitrogen and oxygen atoms in total. The van der Waals surface area contributed by atoms with Crippen LogP contribution in [-0.4, -0.2) is 22.7 Å². The zero-order valence-electron chi connectivity index (χ0n) is 14.4. The van der Waals surface area contributed by atoms with Crippen LogP contribution in [0.15, 0.2) is 24.3 Å². The number of benzene rings is 1. The highest BCUT2D eigenvalue weighted by Crippen LogP contribution is 2.64. The normalized spacial score (nSPS) is 38.2. The van der Waals surface area contributed by atoms with Gasteiger partial charge in [-0.05, 0) is 75.0 Å². The van der Waals surface area contributed by atoms with Gasteiger partial charge in [0.15, 0.2) is 0 Å². The van der Waals surface area contributed by atoms with Crippen molar-refractivity contribution in [2.24, 2.45) is 17.3 Å². The largest absolute Gasteiger partial charge is 0.339 e. The standard InChI is InChI=1S/C20H25ClFNO/c1-13(16-3-5-17(22)6-4-16)23(2)18(24)19-8-14-7-15(9-19)11-20(21,10-14)12-19/h3-6,13-15H,7-12H2,1-2H3/t13-,14+,15+,19?,20?/m0/s1. The zero-order chi connectivity index (χ0) is 17.1. The maximum Gasteiger partial charge on any atom is 0.229 e. The van der Waals surface area contributed by atoms with Gasteiger partial charge in [-0.25, -0.2) is 4.39 Å². The van der Waals surface area contributed by atoms with Crippen molar-refractivity contribution in [3.63, 3.8) is 0 Å². The van der Waals surface area contributed by atoms with Crippen LogP contribution in [-0.2, 0) is 4.79 Å². The van der Waals surface area contributed by atoms with Crippen LogP contribution in [0.4, 0.5) is 4.39 Å². The van der Waals surface area contributed by atoms with Crippen molar-refractivity contribution in [1.29, 1.82) is 0 Å². The van der Waals surface area contributed by atoms with Crippen molar-refractivity contribution in [2.45, 2.75) is 56.4 Å². The van der Waals surface area contributed by atoms with Crippen LogP contribution in [0, 0.1) is 23.1 Å². The van der Waals surface area contributed by atoms with Gasteiger partial charge in [-0.15, -0.1) is 11.6 Å². The van der Waals surface area contributed by atoms with Gasteiger partial charge in [-0.2, -0.15) is 0 Å². The highest BCUT2D eigenvalue weighted by atomic mass is 35.5. The second-order valence-electron chi connectivity index (χ2n) is 8.54. The predicted molar refractivity (Wildman–Crippen MR) is 93.3 cm³/mol. The lowest BCUT2D eigenvalue weighted by atomic mass is 9.49. The van der Waals surface area contributed by atoms with Crippen LogP contribution in [0.1, 0.15) is 57.1 Å². The van der Waals surface area contributed by atoms with E-state index in [1.807, 2.05) is 18.9 Å². The minimum absolute atomic E-state index is 0.0580. The van der Waals surface area contributed by atoms with Crippen molar-refractivity contribution < 1.29 is 9.18 Å². The molecule has 0 aromatic heterocycles. The molecule has 1 aromatic rings. The summed E-state index contributed by atoms with van der Waals surface area (Å²) in [5, 5.41) is 0. The quantitative estimate of drug-likeness (QED) is 0.709. The molecule has 3 atom stereocenters. The number of carbonyl (C=O) groups is 1. The van der Waals surface area contributed by atoms with Gasteiger partial charge in [-0.3, -0.25) is 4.79 Å². The third-order valence-electron chi connectivity index (χ3n) is 6.70. The van der Waals surface area contributed by atoms with Gasteiger partial charge in [0.1, 0.15) is 5.82 Å². The number of halogens is 2. The van der Waals surface area contributed by atoms with E-state index in [-0.39, 0.29) is 28.1 Å². The third kappa shape index (κ3) is 2.56. The number of hydrogen-bond acceptors (Lipinski definition) is 1. The van der Waals surface area contributed by atoms with Crippen LogP contribution in [0.25, 0.3) is 0 Å². The van der Waals surface area contributed by atoms with Crippen LogP contribution in [0.5, 0.6) is 0 Å². The highest BCUT2D eigenvalue weighted by molar-refractivity contribution is 6.24. The predicted octanol–water partition coefficient (Wildman–Crippen LogP) is 4.92. The average molecular weight is 350 g/mol. The van der Waals surface area contributed by atoms with Crippen molar-refractivity contribution in [3.8, 4) is 0 Å². The van der Waals surface area contributed by atoms with Crippen molar-refractivity contribution in [3.05, 3.63) is 35.6 Å². The summed E-state index contributed by atoms with van der Waals surface area (Å²) in [5.41, 5.74) is 0.701. The number of amides is 1. The van der Waals surface area contributed by atoms with E-state index in [9.17, 15) is 9.18 Å². The molecule has 4 bridgehead atoms. The first-order valence-electron chi connectivity index (χ1n) is 9.02. The van der Waals surface area contributed by atoms with Gasteiger partial charge < -0.3 is 4.90 Å². The smallest absolute Gasteiger partial charge is 0.229 e. The molecule has 4 aliphatic carbocycles. The maximum absolute atomic E-state index is 13.4. The summed E-state index contributed by atoms with van der Waals surface area (Å²) in [7, 11) is 1.88. The molecule has 0 radical (unpaired) electrons. The molecule has 4 fully saturated rings. The Bertz CT molecular complexity index is 644. The lowest BCUT2D eigenvalue weighted by Gasteiger charge is -2.59. The summed E-state index contributed by atoms with van der Waals surface area (Å²) in [6, 6.07) is 6.40. The summed E-state index contributed by atoms with van der Waals surface area (Å²) in [6.07, 6.45) is 6.23. The first-order valence-corrected chi connectivity index (χ1v) is 9.40. The molecule has 4 heteroatoms. The fourth-order valence-corrected chi connectivity index (χ4v) is 6.61. The van der Waals surface area contributed by atoms with E-state index in [1.54, 1.807) is 12.1 Å². The van der Waals surface area contributed by atoms with Crippen LogP contribution in [0.2, 0.25) is 0 Å². The number of alkyl halides is 1. The first kappa shape index (κ1) is 16.4. The highest BCUT2D eigenvalue weighted by Gasteiger charge is 2.60. The van der Waals surface area contributed by atoms with E-state index in [0.717, 1.165) is 37.7 Å². The second kappa shape index (κ2) is 5.45. The van der Waals surface area contributed by atoms with Crippen LogP contribution in [0.3, 0.4) is 0 Å². The molecule has 0 unspecified atom stereocenters. The van der Waals surface area contributed by atoms with E-state index < -0.39 is 0 Å². The molecule has 0 spiro atoms. The number of nitrogens with zero attached hydrogens (tertiary/aromatic N) is 1. The molecule has 130 valence electrons. The van der Waals surface area contributed by atoms with E-state index in [0.29, 0.717) is 11.8 Å². The van der Waals surface area contributed by atoms with Gasteiger partial charge in [0, 0.05) is 11.9 Å². The third-order valence-corrected chi connectivity index (χ3v) is 7.14. The minimum Gasteiger partial charge on any atom is -0.339 e. The van der Waals surface area contributed by atoms with E-state index in [2.05, 4.69) is 0 Å². The summed E-state index contributed by atoms with van der Waals surface area (Å²) in [5.74, 6) is 1.22. The lowest BCUT2D eigenvalue weighted by molar-refractivity contribution is -0.156. The molecule has 1 aromatic carbocycles. The second-order valence-corrected chi connectivity index (χ2v) is 9.34. The molecule has 4 aliphatic rings. The van der Waals surface area contributed by atoms with Crippen LogP contribution < -0.4 is 0 Å². The van der Waals surface area contributed by atoms with Crippen molar-refractivity contribution in [1.82, 2.24) is 4.90 Å². The summed E-state index contributed by atoms with van der Waals surface area (Å²) in [6.45, 7) is 2.02. The van der Waals surface area contributed by atoms with Gasteiger partial charge in [0.05, 0.1) is 11.5 Å². The van der Waals surface area contributed by atoms with Crippen molar-refractivity contribution >= 4 is 17.5 Å². The maximum atomic E-state index is 13.4. The molecule has 24 heavy (non-hydrogen) atoms. The Kier molecular flexibility index (Phi) is 3.72. The Hall–Kier alpha value is -1.09. The molecule has 0 saturated heterocycles. The molecular formula is C20H25ClFNO. The van der Waals surface area contributed by atoms with E-state index in [1.165, 1.54) is 18.6 Å². The molecule has 0 aliphatic heterocycles. The van der Waals surface area contributed by atoms with Gasteiger partial charge in [0.2, 0.25) is 5.91 Å². The van der Waals surface area contributed by atoms with Gasteiger partial charge in [-0.1, -0.05) is 12.1 Å². The minimum atomic E-state index is -0.269. The first-order chi connectivity index (χ1) is 11.3. The van der Waals surface area contributed by atoms with Gasteiger partial charge >= 0.3 is 0 Å². The molecule has 5 rings (SSSR count). The van der Waals surface area contributed by atoms with E-state index >= 15 is 0 Å². The zero-order valence-corrected chi connectivity index (χ0v) is 15.2. The Morgan fingerprint density at radius 1 is 1.21 bits per heavy atom. The molecule has 4 saturated carbocycles. The summed E-state index contributed by atoms with van der Waals surface area (Å²) >= 11 is 6.87. The molecule has 0 N–H and O–H groups in total. The number of hydrogen-bond donors (Lipinski definition) is 0. The van der Waals surface area contributed by atoms with E-state index in [4.69, 9.17) is 11.6 Å². The Balaban J connectivity index is 1.57. The molecular weight excluding hydrogens is 325 g/mol. The molecule has 0 heterocycles. The fourth-order valence-electron chi connectivity index (χ4n) is 5.92. The average Bonchev–Trinajstić information content (AvgIpc) is 2.51. The lowest BCUT2D eigenvalue weighted by Crippen LogP contribution is -2.58. The van der Waals surface area contributed by atoms with Crippen molar-refractivity contribution in [2.75, 3.05) is 7.05 Å². The fraction of sp³-hybridized carbons (Fsp3) is 0.650. The monoisotopic (exact) mass is 349 g/mol. The Labute approximate surface area is 148 Å². The Morgan fingerprint density at radius 3 is 2.33 bits per heavy atom. The molecule has 1 amide bonds. The Morgan fingerprint density at radius 2 is 1.79 bits per heavy atom. The van der Waals surface area contributed by atoms with Gasteiger partial charge in [0.25, 0.3) is 0 Å². The van der Waals surface area contributed by atoms with Crippen LogP contribution >= 0.6 is 11.6 Å². The number of carbonyl (C=O) groups excluding carboxylic acids is 1. The SMILES string of the molecule is C[C@@H](c1ccc(F)cc1)N(C)C(=O)C12C[C@H]3C[C@@H](CC(Cl)(C3)C1)C2.